The van der Waals surface area contributed by atoms with Crippen molar-refractivity contribution in [2.45, 2.75) is 19.1 Å². The number of nitrogens with one attached hydrogen (secondary N) is 2. The van der Waals surface area contributed by atoms with E-state index in [0.717, 1.165) is 11.1 Å². The molecule has 0 aliphatic rings. The highest BCUT2D eigenvalue weighted by molar-refractivity contribution is 5.85. The third-order valence-electron chi connectivity index (χ3n) is 3.52. The number of aliphatic hydroxyl groups excluding tert-OH is 1. The Bertz CT molecular complexity index is 662. The molecule has 0 aromatic heterocycles. The molecule has 6 heteroatoms. The summed E-state index contributed by atoms with van der Waals surface area (Å²) in [5, 5.41) is 14.0. The van der Waals surface area contributed by atoms with E-state index in [2.05, 4.69) is 10.6 Å². The Morgan fingerprint density at radius 1 is 0.960 bits per heavy atom. The minimum absolute atomic E-state index is 0.128. The first-order chi connectivity index (χ1) is 12.2. The van der Waals surface area contributed by atoms with E-state index >= 15 is 0 Å². The average molecular weight is 342 g/mol. The van der Waals surface area contributed by atoms with E-state index in [1.807, 2.05) is 60.7 Å². The van der Waals surface area contributed by atoms with E-state index in [1.165, 1.54) is 0 Å². The first kappa shape index (κ1) is 18.5. The van der Waals surface area contributed by atoms with Crippen LogP contribution < -0.4 is 10.6 Å². The van der Waals surface area contributed by atoms with E-state index in [-0.39, 0.29) is 25.7 Å². The van der Waals surface area contributed by atoms with Gasteiger partial charge in [-0.15, -0.1) is 0 Å². The SMILES string of the molecule is O=C(N[C@@H](Cc1ccccc1)C(=O)NCCO)OCc1ccccc1. The predicted octanol–water partition coefficient (Wildman–Crippen LogP) is 1.63. The number of alkyl carbamates (subject to hydrolysis) is 1. The van der Waals surface area contributed by atoms with Gasteiger partial charge in [0.1, 0.15) is 12.6 Å². The summed E-state index contributed by atoms with van der Waals surface area (Å²) in [6.07, 6.45) is -0.331. The number of rotatable bonds is 8. The molecule has 0 saturated carbocycles. The van der Waals surface area contributed by atoms with Gasteiger partial charge in [0.05, 0.1) is 6.61 Å². The lowest BCUT2D eigenvalue weighted by molar-refractivity contribution is -0.123. The van der Waals surface area contributed by atoms with Crippen molar-refractivity contribution in [3.63, 3.8) is 0 Å². The maximum absolute atomic E-state index is 12.2. The normalized spacial score (nSPS) is 11.4. The van der Waals surface area contributed by atoms with E-state index < -0.39 is 12.1 Å². The van der Waals surface area contributed by atoms with Crippen molar-refractivity contribution in [3.8, 4) is 0 Å². The third kappa shape index (κ3) is 6.64. The Morgan fingerprint density at radius 2 is 1.56 bits per heavy atom. The molecule has 0 unspecified atom stereocenters. The van der Waals surface area contributed by atoms with Gasteiger partial charge in [0.25, 0.3) is 0 Å². The first-order valence-electron chi connectivity index (χ1n) is 8.08. The molecule has 2 amide bonds. The van der Waals surface area contributed by atoms with Gasteiger partial charge in [-0.1, -0.05) is 60.7 Å². The van der Waals surface area contributed by atoms with Crippen LogP contribution in [0.2, 0.25) is 0 Å². The first-order valence-corrected chi connectivity index (χ1v) is 8.08. The third-order valence-corrected chi connectivity index (χ3v) is 3.52. The minimum atomic E-state index is -0.780. The Kier molecular flexibility index (Phi) is 7.46. The van der Waals surface area contributed by atoms with Crippen molar-refractivity contribution in [1.29, 1.82) is 0 Å². The van der Waals surface area contributed by atoms with Crippen LogP contribution in [0.25, 0.3) is 0 Å². The molecular weight excluding hydrogens is 320 g/mol. The fourth-order valence-corrected chi connectivity index (χ4v) is 2.27. The number of carbonyl (C=O) groups is 2. The molecule has 0 radical (unpaired) electrons. The second kappa shape index (κ2) is 10.1. The number of hydrogen-bond acceptors (Lipinski definition) is 4. The van der Waals surface area contributed by atoms with Crippen LogP contribution in [-0.2, 0) is 22.6 Å². The number of aliphatic hydroxyl groups is 1. The van der Waals surface area contributed by atoms with Crippen LogP contribution in [0.15, 0.2) is 60.7 Å². The monoisotopic (exact) mass is 342 g/mol. The molecule has 0 bridgehead atoms. The number of hydrogen-bond donors (Lipinski definition) is 3. The molecule has 1 atom stereocenters. The fourth-order valence-electron chi connectivity index (χ4n) is 2.27. The molecule has 2 aromatic carbocycles. The van der Waals surface area contributed by atoms with Gasteiger partial charge in [0.2, 0.25) is 5.91 Å². The van der Waals surface area contributed by atoms with E-state index in [9.17, 15) is 9.59 Å². The standard InChI is InChI=1S/C19H22N2O4/c22-12-11-20-18(23)17(13-15-7-3-1-4-8-15)21-19(24)25-14-16-9-5-2-6-10-16/h1-10,17,22H,11-14H2,(H,20,23)(H,21,24)/t17-/m0/s1. The molecule has 0 aliphatic carbocycles. The zero-order valence-corrected chi connectivity index (χ0v) is 13.9. The number of ether oxygens (including phenoxy) is 1. The van der Waals surface area contributed by atoms with Crippen LogP contribution in [0, 0.1) is 0 Å². The molecule has 2 rings (SSSR count). The molecule has 3 N–H and O–H groups in total. The summed E-state index contributed by atoms with van der Waals surface area (Å²) in [6, 6.07) is 17.9. The fraction of sp³-hybridized carbons (Fsp3) is 0.263. The lowest BCUT2D eigenvalue weighted by Gasteiger charge is -2.18. The lowest BCUT2D eigenvalue weighted by Crippen LogP contribution is -2.48. The molecular formula is C19H22N2O4. The molecule has 25 heavy (non-hydrogen) atoms. The Labute approximate surface area is 146 Å². The second-order valence-electron chi connectivity index (χ2n) is 5.46. The summed E-state index contributed by atoms with van der Waals surface area (Å²) in [5.74, 6) is -0.366. The highest BCUT2D eigenvalue weighted by Gasteiger charge is 2.21. The molecule has 2 aromatic rings. The van der Waals surface area contributed by atoms with Gasteiger partial charge in [-0.05, 0) is 11.1 Å². The van der Waals surface area contributed by atoms with Gasteiger partial charge >= 0.3 is 6.09 Å². The molecule has 6 nitrogen and oxygen atoms in total. The lowest BCUT2D eigenvalue weighted by atomic mass is 10.1. The number of carbonyl (C=O) groups excluding carboxylic acids is 2. The number of amides is 2. The van der Waals surface area contributed by atoms with Gasteiger partial charge in [0, 0.05) is 13.0 Å². The highest BCUT2D eigenvalue weighted by atomic mass is 16.5. The topological polar surface area (TPSA) is 87.7 Å². The second-order valence-corrected chi connectivity index (χ2v) is 5.46. The van der Waals surface area contributed by atoms with Crippen LogP contribution >= 0.6 is 0 Å². The Morgan fingerprint density at radius 3 is 2.16 bits per heavy atom. The summed E-state index contributed by atoms with van der Waals surface area (Å²) >= 11 is 0. The van der Waals surface area contributed by atoms with Crippen molar-refractivity contribution in [2.75, 3.05) is 13.2 Å². The maximum atomic E-state index is 12.2. The summed E-state index contributed by atoms with van der Waals surface area (Å²) in [7, 11) is 0. The molecule has 0 spiro atoms. The molecule has 0 heterocycles. The van der Waals surface area contributed by atoms with Gasteiger partial charge in [-0.3, -0.25) is 4.79 Å². The van der Waals surface area contributed by atoms with Crippen molar-refractivity contribution >= 4 is 12.0 Å². The van der Waals surface area contributed by atoms with Gasteiger partial charge in [-0.25, -0.2) is 4.79 Å². The zero-order valence-electron chi connectivity index (χ0n) is 13.9. The average Bonchev–Trinajstić information content (AvgIpc) is 2.65. The largest absolute Gasteiger partial charge is 0.445 e. The van der Waals surface area contributed by atoms with Crippen LogP contribution in [0.5, 0.6) is 0 Å². The van der Waals surface area contributed by atoms with Gasteiger partial charge in [0.15, 0.2) is 0 Å². The smallest absolute Gasteiger partial charge is 0.408 e. The maximum Gasteiger partial charge on any atom is 0.408 e. The van der Waals surface area contributed by atoms with Gasteiger partial charge in [-0.2, -0.15) is 0 Å². The van der Waals surface area contributed by atoms with Gasteiger partial charge < -0.3 is 20.5 Å². The minimum Gasteiger partial charge on any atom is -0.445 e. The van der Waals surface area contributed by atoms with E-state index in [4.69, 9.17) is 9.84 Å². The van der Waals surface area contributed by atoms with Crippen molar-refractivity contribution in [1.82, 2.24) is 10.6 Å². The van der Waals surface area contributed by atoms with Crippen molar-refractivity contribution < 1.29 is 19.4 Å². The van der Waals surface area contributed by atoms with Crippen molar-refractivity contribution in [3.05, 3.63) is 71.8 Å². The van der Waals surface area contributed by atoms with Crippen molar-refractivity contribution in [2.24, 2.45) is 0 Å². The number of benzene rings is 2. The molecule has 0 aliphatic heterocycles. The van der Waals surface area contributed by atoms with Crippen LogP contribution in [0.4, 0.5) is 4.79 Å². The summed E-state index contributed by atoms with van der Waals surface area (Å²) in [4.78, 5) is 24.3. The summed E-state index contributed by atoms with van der Waals surface area (Å²) in [6.45, 7) is 0.0934. The molecule has 132 valence electrons. The van der Waals surface area contributed by atoms with E-state index in [1.54, 1.807) is 0 Å². The quantitative estimate of drug-likeness (QED) is 0.680. The Balaban J connectivity index is 1.94. The van der Waals surface area contributed by atoms with Crippen LogP contribution in [0.3, 0.4) is 0 Å². The van der Waals surface area contributed by atoms with Crippen LogP contribution in [0.1, 0.15) is 11.1 Å². The predicted molar refractivity (Wildman–Crippen MR) is 93.8 cm³/mol. The zero-order chi connectivity index (χ0) is 17.9. The van der Waals surface area contributed by atoms with Crippen LogP contribution in [-0.4, -0.2) is 36.3 Å². The van der Waals surface area contributed by atoms with E-state index in [0.29, 0.717) is 6.42 Å². The summed E-state index contributed by atoms with van der Waals surface area (Å²) in [5.41, 5.74) is 1.77. The summed E-state index contributed by atoms with van der Waals surface area (Å²) < 4.78 is 5.17. The molecule has 0 fully saturated rings. The molecule has 0 saturated heterocycles. The highest BCUT2D eigenvalue weighted by Crippen LogP contribution is 2.05. The Hall–Kier alpha value is -2.86.